The number of nitrogens with one attached hydrogen (secondary N) is 2. The quantitative estimate of drug-likeness (QED) is 0.562. The van der Waals surface area contributed by atoms with Crippen LogP contribution < -0.4 is 10.6 Å². The van der Waals surface area contributed by atoms with Gasteiger partial charge < -0.3 is 20.5 Å². The second kappa shape index (κ2) is 5.46. The van der Waals surface area contributed by atoms with Gasteiger partial charge in [0, 0.05) is 0 Å². The van der Waals surface area contributed by atoms with Crippen LogP contribution in [0.4, 0.5) is 0 Å². The molecular weight excluding hydrogens is 224 g/mol. The molecular formula is C11H20N2O4. The molecule has 3 atom stereocenters. The normalized spacial score (nSPS) is 27.3. The smallest absolute Gasteiger partial charge is 0.331 e. The molecule has 6 heteroatoms. The molecule has 1 aliphatic rings. The largest absolute Gasteiger partial charge is 0.467 e. The summed E-state index contributed by atoms with van der Waals surface area (Å²) in [5.74, 6) is -0.929. The minimum Gasteiger partial charge on any atom is -0.467 e. The van der Waals surface area contributed by atoms with E-state index in [9.17, 15) is 14.7 Å². The van der Waals surface area contributed by atoms with Gasteiger partial charge in [-0.25, -0.2) is 4.79 Å². The Morgan fingerprint density at radius 3 is 2.59 bits per heavy atom. The minimum atomic E-state index is -1.02. The van der Waals surface area contributed by atoms with E-state index in [4.69, 9.17) is 0 Å². The van der Waals surface area contributed by atoms with Gasteiger partial charge in [-0.15, -0.1) is 0 Å². The molecule has 0 saturated carbocycles. The predicted octanol–water partition coefficient (Wildman–Crippen LogP) is -0.833. The molecule has 0 radical (unpaired) electrons. The lowest BCUT2D eigenvalue weighted by Crippen LogP contribution is -2.58. The molecule has 0 aliphatic carbocycles. The molecule has 1 aliphatic heterocycles. The highest BCUT2D eigenvalue weighted by Gasteiger charge is 2.38. The van der Waals surface area contributed by atoms with E-state index in [1.54, 1.807) is 6.92 Å². The third-order valence-electron chi connectivity index (χ3n) is 3.09. The topological polar surface area (TPSA) is 87.7 Å². The first-order chi connectivity index (χ1) is 7.90. The van der Waals surface area contributed by atoms with Gasteiger partial charge in [0.15, 0.2) is 6.04 Å². The van der Waals surface area contributed by atoms with E-state index in [0.717, 1.165) is 13.0 Å². The summed E-state index contributed by atoms with van der Waals surface area (Å²) in [6.45, 7) is 4.00. The van der Waals surface area contributed by atoms with Gasteiger partial charge in [-0.3, -0.25) is 4.79 Å². The summed E-state index contributed by atoms with van der Waals surface area (Å²) in [5, 5.41) is 15.1. The zero-order valence-corrected chi connectivity index (χ0v) is 10.4. The number of methoxy groups -OCH3 is 1. The average molecular weight is 244 g/mol. The number of carbonyl (C=O) groups is 2. The minimum absolute atomic E-state index is 0.286. The third kappa shape index (κ3) is 3.17. The summed E-state index contributed by atoms with van der Waals surface area (Å²) in [7, 11) is 1.22. The molecule has 1 rings (SSSR count). The molecule has 3 N–H and O–H groups in total. The second-order valence-corrected chi connectivity index (χ2v) is 4.58. The van der Waals surface area contributed by atoms with Crippen molar-refractivity contribution in [2.24, 2.45) is 0 Å². The van der Waals surface area contributed by atoms with Gasteiger partial charge in [-0.05, 0) is 33.2 Å². The van der Waals surface area contributed by atoms with E-state index < -0.39 is 23.7 Å². The molecule has 17 heavy (non-hydrogen) atoms. The summed E-state index contributed by atoms with van der Waals surface area (Å²) in [6, 6.07) is -1.02. The number of amides is 1. The number of carbonyl (C=O) groups excluding carboxylic acids is 2. The van der Waals surface area contributed by atoms with E-state index in [0.29, 0.717) is 6.42 Å². The first kappa shape index (κ1) is 13.9. The summed E-state index contributed by atoms with van der Waals surface area (Å²) >= 11 is 0. The Bertz CT molecular complexity index is 298. The lowest BCUT2D eigenvalue weighted by molar-refractivity contribution is -0.148. The van der Waals surface area contributed by atoms with Crippen molar-refractivity contribution in [3.05, 3.63) is 0 Å². The fraction of sp³-hybridized carbons (Fsp3) is 0.818. The van der Waals surface area contributed by atoms with Crippen LogP contribution in [-0.4, -0.2) is 48.3 Å². The first-order valence-corrected chi connectivity index (χ1v) is 5.72. The highest BCUT2D eigenvalue weighted by Crippen LogP contribution is 2.18. The van der Waals surface area contributed by atoms with Gasteiger partial charge in [0.05, 0.1) is 18.8 Å². The van der Waals surface area contributed by atoms with Crippen LogP contribution in [-0.2, 0) is 14.3 Å². The summed E-state index contributed by atoms with van der Waals surface area (Å²) in [5.41, 5.74) is -0.666. The monoisotopic (exact) mass is 244 g/mol. The van der Waals surface area contributed by atoms with Crippen molar-refractivity contribution >= 4 is 11.9 Å². The van der Waals surface area contributed by atoms with Crippen molar-refractivity contribution in [3.63, 3.8) is 0 Å². The molecule has 98 valence electrons. The number of esters is 1. The summed E-state index contributed by atoms with van der Waals surface area (Å²) in [4.78, 5) is 23.4. The maximum atomic E-state index is 12.0. The Labute approximate surface area is 101 Å². The van der Waals surface area contributed by atoms with Gasteiger partial charge in [0.1, 0.15) is 0 Å². The Morgan fingerprint density at radius 1 is 1.53 bits per heavy atom. The highest BCUT2D eigenvalue weighted by atomic mass is 16.5. The SMILES string of the molecule is COC(=O)[C@@H](NC(=O)C1(C)CCCN1)[C@@H](C)O. The predicted molar refractivity (Wildman–Crippen MR) is 61.3 cm³/mol. The van der Waals surface area contributed by atoms with E-state index in [2.05, 4.69) is 15.4 Å². The molecule has 1 amide bonds. The third-order valence-corrected chi connectivity index (χ3v) is 3.09. The highest BCUT2D eigenvalue weighted by molar-refractivity contribution is 5.90. The standard InChI is InChI=1S/C11H20N2O4/c1-7(14)8(9(15)17-3)13-10(16)11(2)5-4-6-12-11/h7-8,12,14H,4-6H2,1-3H3,(H,13,16)/t7-,8+,11?/m1/s1. The van der Waals surface area contributed by atoms with Crippen LogP contribution in [0.5, 0.6) is 0 Å². The van der Waals surface area contributed by atoms with E-state index in [-0.39, 0.29) is 5.91 Å². The van der Waals surface area contributed by atoms with Crippen LogP contribution in [0, 0.1) is 0 Å². The number of aliphatic hydroxyl groups is 1. The van der Waals surface area contributed by atoms with Crippen molar-refractivity contribution in [3.8, 4) is 0 Å². The van der Waals surface area contributed by atoms with Gasteiger partial charge in [0.2, 0.25) is 5.91 Å². The average Bonchev–Trinajstić information content (AvgIpc) is 2.72. The van der Waals surface area contributed by atoms with Crippen LogP contribution in [0.15, 0.2) is 0 Å². The van der Waals surface area contributed by atoms with Gasteiger partial charge >= 0.3 is 5.97 Å². The van der Waals surface area contributed by atoms with Gasteiger partial charge in [-0.2, -0.15) is 0 Å². The molecule has 1 heterocycles. The lowest BCUT2D eigenvalue weighted by atomic mass is 9.98. The molecule has 0 bridgehead atoms. The van der Waals surface area contributed by atoms with E-state index in [1.165, 1.54) is 14.0 Å². The molecule has 6 nitrogen and oxygen atoms in total. The van der Waals surface area contributed by atoms with Crippen molar-refractivity contribution < 1.29 is 19.4 Å². The van der Waals surface area contributed by atoms with Crippen LogP contribution in [0.2, 0.25) is 0 Å². The number of aliphatic hydroxyl groups excluding tert-OH is 1. The number of hydrogen-bond acceptors (Lipinski definition) is 5. The Kier molecular flexibility index (Phi) is 4.47. The Balaban J connectivity index is 2.67. The van der Waals surface area contributed by atoms with Crippen molar-refractivity contribution in [1.82, 2.24) is 10.6 Å². The molecule has 0 aromatic heterocycles. The molecule has 0 spiro atoms. The summed E-state index contributed by atoms with van der Waals surface area (Å²) < 4.78 is 4.54. The Hall–Kier alpha value is -1.14. The van der Waals surface area contributed by atoms with Crippen LogP contribution >= 0.6 is 0 Å². The molecule has 1 unspecified atom stereocenters. The zero-order chi connectivity index (χ0) is 13.1. The van der Waals surface area contributed by atoms with Gasteiger partial charge in [-0.1, -0.05) is 0 Å². The lowest BCUT2D eigenvalue weighted by Gasteiger charge is -2.27. The first-order valence-electron chi connectivity index (χ1n) is 5.72. The van der Waals surface area contributed by atoms with E-state index >= 15 is 0 Å². The summed E-state index contributed by atoms with van der Waals surface area (Å²) in [6.07, 6.45) is 0.644. The second-order valence-electron chi connectivity index (χ2n) is 4.58. The van der Waals surface area contributed by atoms with Crippen LogP contribution in [0.25, 0.3) is 0 Å². The maximum absolute atomic E-state index is 12.0. The van der Waals surface area contributed by atoms with E-state index in [1.807, 2.05) is 0 Å². The Morgan fingerprint density at radius 2 is 2.18 bits per heavy atom. The van der Waals surface area contributed by atoms with Crippen molar-refractivity contribution in [2.45, 2.75) is 44.4 Å². The molecule has 1 fully saturated rings. The number of rotatable bonds is 4. The molecule has 0 aromatic carbocycles. The number of hydrogen-bond donors (Lipinski definition) is 3. The fourth-order valence-corrected chi connectivity index (χ4v) is 1.89. The fourth-order valence-electron chi connectivity index (χ4n) is 1.89. The van der Waals surface area contributed by atoms with Crippen LogP contribution in [0.3, 0.4) is 0 Å². The maximum Gasteiger partial charge on any atom is 0.331 e. The molecule has 0 aromatic rings. The molecule has 1 saturated heterocycles. The van der Waals surface area contributed by atoms with Crippen molar-refractivity contribution in [1.29, 1.82) is 0 Å². The van der Waals surface area contributed by atoms with Crippen LogP contribution in [0.1, 0.15) is 26.7 Å². The van der Waals surface area contributed by atoms with Crippen molar-refractivity contribution in [2.75, 3.05) is 13.7 Å². The zero-order valence-electron chi connectivity index (χ0n) is 10.4. The van der Waals surface area contributed by atoms with Gasteiger partial charge in [0.25, 0.3) is 0 Å². The number of ether oxygens (including phenoxy) is 1.